The molecule has 5 aliphatic heterocycles. The Bertz CT molecular complexity index is 5820. The lowest BCUT2D eigenvalue weighted by atomic mass is 10.1. The van der Waals surface area contributed by atoms with Crippen LogP contribution in [0.15, 0.2) is 60.1 Å². The van der Waals surface area contributed by atoms with Crippen molar-refractivity contribution in [3.8, 4) is 6.01 Å². The van der Waals surface area contributed by atoms with Crippen molar-refractivity contribution in [3.05, 3.63) is 72.4 Å². The zero-order chi connectivity index (χ0) is 101. The van der Waals surface area contributed by atoms with Gasteiger partial charge in [-0.1, -0.05) is 62.3 Å². The number of anilines is 5. The molecule has 5 fully saturated rings. The first-order valence-corrected chi connectivity index (χ1v) is 62.6. The number of thioether (sulfide) groups is 1. The highest BCUT2D eigenvalue weighted by atomic mass is 32.2. The maximum absolute atomic E-state index is 10.7. The molecule has 10 aromatic heterocycles. The monoisotopic (exact) mass is 2020 g/mol. The second-order valence-corrected chi connectivity index (χ2v) is 61.6. The lowest BCUT2D eigenvalue weighted by Crippen LogP contribution is -2.31. The molecule has 0 aromatic carbocycles. The van der Waals surface area contributed by atoms with E-state index in [4.69, 9.17) is 45.6 Å². The summed E-state index contributed by atoms with van der Waals surface area (Å²) in [6.07, 6.45) is 31.0. The molecule has 18 N–H and O–H groups in total. The highest BCUT2D eigenvalue weighted by Crippen LogP contribution is 2.47. The molecule has 5 aliphatic rings. The third-order valence-corrected chi connectivity index (χ3v) is 32.1. The molecule has 47 heteroatoms. The van der Waals surface area contributed by atoms with E-state index < -0.39 is 157 Å². The third-order valence-electron chi connectivity index (χ3n) is 24.2. The number of aryl methyl sites for hydroxylation is 3. The summed E-state index contributed by atoms with van der Waals surface area (Å²) >= 11 is 1.43. The Labute approximate surface area is 805 Å². The fourth-order valence-electron chi connectivity index (χ4n) is 16.0. The molecule has 41 nitrogen and oxygen atoms in total. The van der Waals surface area contributed by atoms with Gasteiger partial charge in [-0.3, -0.25) is 22.8 Å². The van der Waals surface area contributed by atoms with Crippen molar-refractivity contribution >= 4 is 163 Å². The van der Waals surface area contributed by atoms with Crippen LogP contribution < -0.4 is 32.6 Å². The zero-order valence-corrected chi connectivity index (χ0v) is 87.7. The van der Waals surface area contributed by atoms with Gasteiger partial charge < -0.3 is 107 Å². The molecule has 0 aliphatic carbocycles. The molecule has 137 heavy (non-hydrogen) atoms. The molecule has 0 radical (unpaired) electrons. The van der Waals surface area contributed by atoms with Crippen LogP contribution in [0.25, 0.3) is 55.8 Å². The van der Waals surface area contributed by atoms with E-state index in [1.54, 1.807) is 55.7 Å². The van der Waals surface area contributed by atoms with Gasteiger partial charge in [-0.25, -0.2) is 64.8 Å². The summed E-state index contributed by atoms with van der Waals surface area (Å²) in [7, 11) is 1.50. The third kappa shape index (κ3) is 27.8. The lowest BCUT2D eigenvalue weighted by molar-refractivity contribution is -0.0353. The topological polar surface area (TPSA) is 578 Å². The van der Waals surface area contributed by atoms with Gasteiger partial charge in [0, 0.05) is 19.5 Å². The normalized spacial score (nSPS) is 26.1. The van der Waals surface area contributed by atoms with Gasteiger partial charge in [0.1, 0.15) is 95.1 Å². The number of nitrogens with zero attached hydrogens (tertiary/aromatic N) is 20. The molecule has 5 saturated heterocycles. The summed E-state index contributed by atoms with van der Waals surface area (Å²) in [6.45, 7) is 30.4. The van der Waals surface area contributed by atoms with E-state index in [0.29, 0.717) is 141 Å². The number of aliphatic hydroxyl groups is 10. The Morgan fingerprint density at radius 2 is 0.679 bits per heavy atom. The van der Waals surface area contributed by atoms with Gasteiger partial charge in [0.15, 0.2) is 105 Å². The summed E-state index contributed by atoms with van der Waals surface area (Å²) in [5.74, 6) is 3.73. The van der Waals surface area contributed by atoms with Gasteiger partial charge in [0.25, 0.3) is 0 Å². The first-order chi connectivity index (χ1) is 64.3. The average Bonchev–Trinajstić information content (AvgIpc) is 1.63. The number of methoxy groups -OCH3 is 1. The number of nitrogens with two attached hydrogens (primary N) is 3. The van der Waals surface area contributed by atoms with Crippen LogP contribution in [-0.2, 0) is 30.1 Å². The smallest absolute Gasteiger partial charge is 0.320 e. The summed E-state index contributed by atoms with van der Waals surface area (Å²) in [5.41, 5.74) is 25.4. The fraction of sp³-hybridized carbons (Fsp3) is 0.622. The molecule has 15 heterocycles. The minimum Gasteiger partial charge on any atom is -0.467 e. The number of allylic oxidation sites excluding steroid dienone is 2. The van der Waals surface area contributed by atoms with Gasteiger partial charge in [-0.15, -0.1) is 65.9 Å². The lowest BCUT2D eigenvalue weighted by Gasteiger charge is -2.18. The van der Waals surface area contributed by atoms with E-state index in [1.807, 2.05) is 6.26 Å². The molecule has 0 spiro atoms. The van der Waals surface area contributed by atoms with Gasteiger partial charge in [0.2, 0.25) is 0 Å². The van der Waals surface area contributed by atoms with E-state index in [9.17, 15) is 51.1 Å². The van der Waals surface area contributed by atoms with E-state index in [2.05, 4.69) is 230 Å². The predicted octanol–water partition coefficient (Wildman–Crippen LogP) is 7.70. The van der Waals surface area contributed by atoms with Gasteiger partial charge in [-0.2, -0.15) is 9.97 Å². The van der Waals surface area contributed by atoms with Crippen LogP contribution in [0.3, 0.4) is 0 Å². The molecule has 10 aromatic rings. The van der Waals surface area contributed by atoms with Crippen molar-refractivity contribution in [3.63, 3.8) is 0 Å². The Morgan fingerprint density at radius 3 is 0.964 bits per heavy atom. The predicted molar refractivity (Wildman–Crippen MR) is 558 cm³/mol. The maximum Gasteiger partial charge on any atom is 0.320 e. The van der Waals surface area contributed by atoms with Crippen LogP contribution in [0.5, 0.6) is 6.01 Å². The summed E-state index contributed by atoms with van der Waals surface area (Å²) in [6, 6.07) is 0.182. The minimum absolute atomic E-state index is 0.182. The van der Waals surface area contributed by atoms with E-state index in [-0.39, 0.29) is 17.6 Å². The largest absolute Gasteiger partial charge is 0.467 e. The number of aliphatic hydroxyl groups excluding tert-OH is 10. The molecular weight excluding hydrogens is 1870 g/mol. The van der Waals surface area contributed by atoms with Crippen molar-refractivity contribution < 1.29 is 79.5 Å². The molecule has 0 amide bonds. The molecule has 5 unspecified atom stereocenters. The summed E-state index contributed by atoms with van der Waals surface area (Å²) in [5, 5.41) is 112. The van der Waals surface area contributed by atoms with Crippen LogP contribution in [0.2, 0.25) is 0 Å². The first-order valence-electron chi connectivity index (χ1n) is 46.1. The zero-order valence-electron chi connectivity index (χ0n) is 82.4. The van der Waals surface area contributed by atoms with Crippen molar-refractivity contribution in [2.75, 3.05) is 152 Å². The molecule has 15 rings (SSSR count). The van der Waals surface area contributed by atoms with E-state index >= 15 is 0 Å². The van der Waals surface area contributed by atoms with Crippen LogP contribution in [0.1, 0.15) is 141 Å². The second-order valence-electron chi connectivity index (χ2n) is 39.2. The van der Waals surface area contributed by atoms with Crippen LogP contribution in [0.4, 0.5) is 29.1 Å². The van der Waals surface area contributed by atoms with Gasteiger partial charge in [-0.05, 0) is 183 Å². The Hall–Kier alpha value is -7.72. The Kier molecular flexibility index (Phi) is 37.3. The van der Waals surface area contributed by atoms with Crippen molar-refractivity contribution in [2.45, 2.75) is 241 Å². The quantitative estimate of drug-likeness (QED) is 0.00810. The fourth-order valence-corrected chi connectivity index (χ4v) is 21.1. The number of aromatic nitrogens is 20. The second kappa shape index (κ2) is 46.6. The number of hydrogen-bond acceptors (Lipinski definition) is 37. The molecular formula is C90H146N25O16P5S. The van der Waals surface area contributed by atoms with Crippen LogP contribution in [-0.4, -0.2) is 396 Å². The van der Waals surface area contributed by atoms with Crippen molar-refractivity contribution in [1.29, 1.82) is 0 Å². The highest BCUT2D eigenvalue weighted by Gasteiger charge is 2.50. The number of rotatable bonds is 33. The standard InChI is InChI=1S/C21H34N5O4P.C21H34N5O3PS.C18H30N5O3P.2C15H24N5O3P/c1-7-13(2)8-10-22-18-15-19(25-21(24-18)29-3)26(12-23-15)20-17(28)16(27)14(30-20)9-11-31(4,5)6;1-7-13(2)8-10-22-18-15-19(25-21(24-18)31-6)26(12-23-15)20-17(28)16(27)14(29-20)9-11-30(3,4)5;1-5-6-7-12-21-16(19)13-17(22-12)23(10-20-13)18-15(25)14(24)11(26-18)8-9-27(2,3)4;2*1-8-18-13(16)10-14(19-8)20(7-17-10)15-12(22)11(21)9(23-15)5-6-24(2,3)4/h8,12,14,16-17,20,27-28H,4,7,9-11H2,1-3,5-6H3,(H,22,24,25);8,12,14,16-17,20,27-28H,3,7,9-11H2,1-2,4-6H3,(H,22,24,25);10-11,14-15,18,24-25H,2,5-9H2,1,3-4H3,(H2,19,21,22);2*7,9,11-12,15,21-22H,2,5-6H2,1,3-4H3,(H2,16,18,19)/b2*13-8-;;;/t2*14?,16-,17-,20-;11?,14-,15-,18-;2*9?,11-,12-,15-/m11111/s1. The summed E-state index contributed by atoms with van der Waals surface area (Å²) in [4.78, 5) is 65.4. The van der Waals surface area contributed by atoms with Crippen LogP contribution >= 0.6 is 46.2 Å². The van der Waals surface area contributed by atoms with Crippen molar-refractivity contribution in [2.24, 2.45) is 0 Å². The Balaban J connectivity index is 0.000000165. The number of imidazole rings is 5. The molecule has 0 saturated carbocycles. The number of ether oxygens (including phenoxy) is 6. The first kappa shape index (κ1) is 110. The maximum atomic E-state index is 10.7. The van der Waals surface area contributed by atoms with E-state index in [1.165, 1.54) is 42.7 Å². The number of nitrogens with one attached hydrogen (secondary N) is 2. The molecule has 0 bridgehead atoms. The van der Waals surface area contributed by atoms with E-state index in [0.717, 1.165) is 62.9 Å². The van der Waals surface area contributed by atoms with Gasteiger partial charge >= 0.3 is 6.01 Å². The Morgan fingerprint density at radius 1 is 0.401 bits per heavy atom. The minimum atomic E-state index is -1.26. The average molecular weight is 2020 g/mol. The van der Waals surface area contributed by atoms with Crippen molar-refractivity contribution in [1.82, 2.24) is 97.6 Å². The SMILES string of the molecule is C=P(C)(C)CCC1O[C@@H](n2cnc3c(N)nc(C)nc32)[C@H](O)[C@@H]1O.C=P(C)(C)CCC1O[C@@H](n2cnc3c(N)nc(C)nc32)[C@H](O)[C@@H]1O.C=P(C)(C)CCC1O[C@@H](n2cnc3c(N)nc(CCCC)nc32)[C@H](O)[C@@H]1O.C=P(C)(C)CCC1O[C@@H](n2cnc3c(NC/C=C(/C)CC)nc(OC)nc32)[C@H](O)[C@@H]1O.C=P(C)(C)CCC1O[C@@H](n2cnc3c(NC/C=C(/C)CC)nc(SC)nc32)[C@H](O)[C@@H]1O. The molecule has 758 valence electrons. The number of unbranched alkanes of at least 4 members (excludes halogenated alkanes) is 1. The number of fused-ring (bicyclic) bond motifs is 5. The summed E-state index contributed by atoms with van der Waals surface area (Å²) < 4.78 is 43.5. The number of nitrogen functional groups attached to an aromatic ring is 3. The molecule has 20 atom stereocenters. The highest BCUT2D eigenvalue weighted by molar-refractivity contribution is 7.98. The van der Waals surface area contributed by atoms with Gasteiger partial charge in [0.05, 0.1) is 69.3 Å². The number of hydrogen-bond donors (Lipinski definition) is 15. The van der Waals surface area contributed by atoms with Crippen LogP contribution in [0, 0.1) is 13.8 Å².